The molecule has 5 heteroatoms. The van der Waals surface area contributed by atoms with Gasteiger partial charge < -0.3 is 9.22 Å². The Kier molecular flexibility index (Phi) is 6.71. The van der Waals surface area contributed by atoms with Crippen molar-refractivity contribution in [2.45, 2.75) is 66.7 Å². The van der Waals surface area contributed by atoms with Crippen LogP contribution in [-0.2, 0) is 8.91 Å². The van der Waals surface area contributed by atoms with Crippen molar-refractivity contribution in [2.75, 3.05) is 0 Å². The highest BCUT2D eigenvalue weighted by atomic mass is 28.4. The number of hydrogen-bond donors (Lipinski definition) is 1. The van der Waals surface area contributed by atoms with Crippen LogP contribution in [0.15, 0.2) is 10.8 Å². The SMILES string of the molecule is CCC(=C(CC(C)(C)C)C(=O)O)[SiH](C)O[Si](C)(C)C. The topological polar surface area (TPSA) is 46.5 Å². The summed E-state index contributed by atoms with van der Waals surface area (Å²) >= 11 is 0. The molecule has 1 N–H and O–H groups in total. The first kappa shape index (κ1) is 18.6. The molecule has 0 aliphatic carbocycles. The smallest absolute Gasteiger partial charge is 0.331 e. The second kappa shape index (κ2) is 6.86. The number of aliphatic carboxylic acids is 1. The molecule has 0 aliphatic heterocycles. The molecule has 0 amide bonds. The fraction of sp³-hybridized carbons (Fsp3) is 0.786. The van der Waals surface area contributed by atoms with Crippen molar-refractivity contribution >= 4 is 23.3 Å². The lowest BCUT2D eigenvalue weighted by Gasteiger charge is -2.27. The number of allylic oxidation sites excluding steroid dienone is 1. The molecule has 0 aromatic rings. The summed E-state index contributed by atoms with van der Waals surface area (Å²) in [5, 5.41) is 10.6. The van der Waals surface area contributed by atoms with E-state index in [1.807, 2.05) is 6.92 Å². The molecule has 3 nitrogen and oxygen atoms in total. The number of carboxylic acids is 1. The van der Waals surface area contributed by atoms with Crippen LogP contribution in [0.2, 0.25) is 26.2 Å². The first-order valence-corrected chi connectivity index (χ1v) is 12.6. The maximum absolute atomic E-state index is 11.6. The first-order valence-electron chi connectivity index (χ1n) is 7.00. The summed E-state index contributed by atoms with van der Waals surface area (Å²) in [7, 11) is -3.19. The number of hydrogen-bond acceptors (Lipinski definition) is 2. The molecule has 1 atom stereocenters. The molecule has 19 heavy (non-hydrogen) atoms. The monoisotopic (exact) mass is 302 g/mol. The molecule has 0 radical (unpaired) electrons. The molecule has 0 saturated heterocycles. The van der Waals surface area contributed by atoms with Gasteiger partial charge in [-0.2, -0.15) is 0 Å². The van der Waals surface area contributed by atoms with Gasteiger partial charge in [-0.1, -0.05) is 27.7 Å². The molecule has 0 rings (SSSR count). The Hall–Kier alpha value is -0.396. The van der Waals surface area contributed by atoms with Crippen molar-refractivity contribution in [3.63, 3.8) is 0 Å². The van der Waals surface area contributed by atoms with Crippen molar-refractivity contribution in [3.8, 4) is 0 Å². The molecule has 0 bridgehead atoms. The summed E-state index contributed by atoms with van der Waals surface area (Å²) in [5.74, 6) is -0.773. The average Bonchev–Trinajstić information content (AvgIpc) is 2.12. The van der Waals surface area contributed by atoms with Crippen LogP contribution in [0, 0.1) is 5.41 Å². The fourth-order valence-electron chi connectivity index (χ4n) is 2.20. The Bertz CT molecular complexity index is 349. The highest BCUT2D eigenvalue weighted by Crippen LogP contribution is 2.29. The average molecular weight is 303 g/mol. The van der Waals surface area contributed by atoms with Crippen molar-refractivity contribution < 1.29 is 14.0 Å². The fourth-order valence-corrected chi connectivity index (χ4v) is 8.31. The Morgan fingerprint density at radius 2 is 1.74 bits per heavy atom. The van der Waals surface area contributed by atoms with E-state index in [1.54, 1.807) is 0 Å². The maximum Gasteiger partial charge on any atom is 0.331 e. The van der Waals surface area contributed by atoms with Gasteiger partial charge in [0.1, 0.15) is 0 Å². The van der Waals surface area contributed by atoms with Gasteiger partial charge in [0.2, 0.25) is 0 Å². The van der Waals surface area contributed by atoms with Crippen LogP contribution >= 0.6 is 0 Å². The molecule has 0 fully saturated rings. The van der Waals surface area contributed by atoms with Crippen molar-refractivity contribution in [3.05, 3.63) is 10.8 Å². The van der Waals surface area contributed by atoms with E-state index in [2.05, 4.69) is 47.0 Å². The third-order valence-electron chi connectivity index (χ3n) is 2.75. The van der Waals surface area contributed by atoms with Crippen LogP contribution < -0.4 is 0 Å². The summed E-state index contributed by atoms with van der Waals surface area (Å²) in [6.45, 7) is 16.9. The van der Waals surface area contributed by atoms with Gasteiger partial charge in [-0.3, -0.25) is 0 Å². The van der Waals surface area contributed by atoms with E-state index in [0.29, 0.717) is 12.0 Å². The third-order valence-corrected chi connectivity index (χ3v) is 8.74. The first-order chi connectivity index (χ1) is 8.37. The van der Waals surface area contributed by atoms with Gasteiger partial charge in [0.25, 0.3) is 0 Å². The number of rotatable bonds is 6. The molecule has 1 unspecified atom stereocenters. The van der Waals surface area contributed by atoms with E-state index in [4.69, 9.17) is 4.12 Å². The van der Waals surface area contributed by atoms with E-state index in [9.17, 15) is 9.90 Å². The lowest BCUT2D eigenvalue weighted by molar-refractivity contribution is -0.133. The highest BCUT2D eigenvalue weighted by molar-refractivity contribution is 6.79. The second-order valence-corrected chi connectivity index (χ2v) is 14.4. The molecular formula is C14H30O3Si2. The third kappa shape index (κ3) is 7.69. The predicted molar refractivity (Wildman–Crippen MR) is 86.5 cm³/mol. The molecule has 0 saturated carbocycles. The van der Waals surface area contributed by atoms with E-state index >= 15 is 0 Å². The number of carbonyl (C=O) groups is 1. The zero-order chi connectivity index (χ0) is 15.4. The predicted octanol–water partition coefficient (Wildman–Crippen LogP) is 3.96. The summed E-state index contributed by atoms with van der Waals surface area (Å²) in [6, 6.07) is 0. The molecule has 0 aromatic heterocycles. The van der Waals surface area contributed by atoms with Crippen LogP contribution in [0.4, 0.5) is 0 Å². The van der Waals surface area contributed by atoms with Crippen molar-refractivity contribution in [1.82, 2.24) is 0 Å². The zero-order valence-electron chi connectivity index (χ0n) is 13.8. The van der Waals surface area contributed by atoms with Gasteiger partial charge in [0, 0.05) is 5.57 Å². The molecule has 0 aliphatic rings. The van der Waals surface area contributed by atoms with E-state index in [-0.39, 0.29) is 5.41 Å². The van der Waals surface area contributed by atoms with Crippen molar-refractivity contribution in [2.24, 2.45) is 5.41 Å². The van der Waals surface area contributed by atoms with Gasteiger partial charge in [0.15, 0.2) is 17.4 Å². The molecule has 0 aromatic carbocycles. The lowest BCUT2D eigenvalue weighted by atomic mass is 9.87. The van der Waals surface area contributed by atoms with Gasteiger partial charge >= 0.3 is 5.97 Å². The summed E-state index contributed by atoms with van der Waals surface area (Å²) < 4.78 is 6.19. The minimum atomic E-state index is -1.60. The highest BCUT2D eigenvalue weighted by Gasteiger charge is 2.27. The number of carboxylic acid groups (broad SMARTS) is 1. The molecule has 0 spiro atoms. The molecule has 0 heterocycles. The normalized spacial score (nSPS) is 16.0. The van der Waals surface area contributed by atoms with Crippen LogP contribution in [0.1, 0.15) is 40.5 Å². The van der Waals surface area contributed by atoms with E-state index in [1.165, 1.54) is 0 Å². The van der Waals surface area contributed by atoms with Crippen molar-refractivity contribution in [1.29, 1.82) is 0 Å². The summed E-state index contributed by atoms with van der Waals surface area (Å²) in [4.78, 5) is 11.6. The largest absolute Gasteiger partial charge is 0.478 e. The molecule has 112 valence electrons. The van der Waals surface area contributed by atoms with Gasteiger partial charge in [-0.15, -0.1) is 0 Å². The zero-order valence-corrected chi connectivity index (χ0v) is 15.9. The standard InChI is InChI=1S/C14H30O3Si2/c1-9-12(18(5)17-19(6,7)8)11(13(15)16)10-14(2,3)4/h18H,9-10H2,1-8H3,(H,15,16). The minimum absolute atomic E-state index is 0.0125. The van der Waals surface area contributed by atoms with E-state index < -0.39 is 23.3 Å². The Labute approximate surface area is 120 Å². The lowest BCUT2D eigenvalue weighted by Crippen LogP contribution is -2.35. The minimum Gasteiger partial charge on any atom is -0.478 e. The Balaban J connectivity index is 5.40. The van der Waals surface area contributed by atoms with Crippen LogP contribution in [-0.4, -0.2) is 28.4 Å². The summed E-state index contributed by atoms with van der Waals surface area (Å²) in [5.41, 5.74) is 0.578. The Morgan fingerprint density at radius 3 is 2.00 bits per heavy atom. The quantitative estimate of drug-likeness (QED) is 0.597. The van der Waals surface area contributed by atoms with Gasteiger partial charge in [-0.25, -0.2) is 4.79 Å². The van der Waals surface area contributed by atoms with Gasteiger partial charge in [0.05, 0.1) is 0 Å². The van der Waals surface area contributed by atoms with Crippen LogP contribution in [0.3, 0.4) is 0 Å². The van der Waals surface area contributed by atoms with Gasteiger partial charge in [-0.05, 0) is 49.6 Å². The van der Waals surface area contributed by atoms with E-state index in [0.717, 1.165) is 11.6 Å². The Morgan fingerprint density at radius 1 is 1.26 bits per heavy atom. The molecular weight excluding hydrogens is 272 g/mol. The van der Waals surface area contributed by atoms with Crippen LogP contribution in [0.5, 0.6) is 0 Å². The second-order valence-electron chi connectivity index (χ2n) is 7.27. The van der Waals surface area contributed by atoms with Crippen LogP contribution in [0.25, 0.3) is 0 Å². The maximum atomic E-state index is 11.6. The summed E-state index contributed by atoms with van der Waals surface area (Å²) in [6.07, 6.45) is 1.40.